The summed E-state index contributed by atoms with van der Waals surface area (Å²) in [5.41, 5.74) is -0.767. The molecule has 1 aromatic carbocycles. The molecule has 2 aromatic rings. The second-order valence-corrected chi connectivity index (χ2v) is 7.63. The van der Waals surface area contributed by atoms with Crippen LogP contribution in [-0.2, 0) is 23.1 Å². The number of ether oxygens (including phenoxy) is 1. The normalized spacial score (nSPS) is 11.7. The van der Waals surface area contributed by atoms with Gasteiger partial charge in [0.2, 0.25) is 10.0 Å². The number of hydrogen-bond donors (Lipinski definition) is 0. The monoisotopic (exact) mass is 367 g/mol. The van der Waals surface area contributed by atoms with Gasteiger partial charge in [0, 0.05) is 32.9 Å². The Morgan fingerprint density at radius 1 is 1.08 bits per heavy atom. The molecule has 0 aliphatic carbocycles. The van der Waals surface area contributed by atoms with E-state index in [1.54, 1.807) is 0 Å². The van der Waals surface area contributed by atoms with E-state index in [4.69, 9.17) is 4.74 Å². The van der Waals surface area contributed by atoms with Gasteiger partial charge in [-0.15, -0.1) is 0 Å². The highest BCUT2D eigenvalue weighted by Crippen LogP contribution is 2.17. The Labute approximate surface area is 145 Å². The van der Waals surface area contributed by atoms with Crippen LogP contribution in [0.2, 0.25) is 0 Å². The minimum Gasteiger partial charge on any atom is -0.492 e. The average Bonchev–Trinajstić information content (AvgIpc) is 2.58. The first kappa shape index (κ1) is 18.9. The molecule has 2 rings (SSSR count). The van der Waals surface area contributed by atoms with Crippen LogP contribution in [0, 0.1) is 0 Å². The van der Waals surface area contributed by atoms with Gasteiger partial charge in [0.15, 0.2) is 0 Å². The van der Waals surface area contributed by atoms with Gasteiger partial charge >= 0.3 is 5.69 Å². The van der Waals surface area contributed by atoms with Crippen molar-refractivity contribution in [3.63, 3.8) is 0 Å². The van der Waals surface area contributed by atoms with Crippen molar-refractivity contribution < 1.29 is 13.2 Å². The van der Waals surface area contributed by atoms with Crippen molar-refractivity contribution in [2.45, 2.75) is 24.9 Å². The van der Waals surface area contributed by atoms with Crippen molar-refractivity contribution in [2.75, 3.05) is 20.7 Å². The maximum absolute atomic E-state index is 12.1. The van der Waals surface area contributed by atoms with E-state index in [0.29, 0.717) is 12.3 Å². The van der Waals surface area contributed by atoms with E-state index in [0.717, 1.165) is 8.87 Å². The van der Waals surface area contributed by atoms with Crippen LogP contribution in [0.25, 0.3) is 0 Å². The molecule has 0 aliphatic rings. The fraction of sp³-hybridized carbons (Fsp3) is 0.375. The first-order valence-corrected chi connectivity index (χ1v) is 9.17. The molecule has 136 valence electrons. The first-order chi connectivity index (χ1) is 11.8. The standard InChI is InChI=1S/C16H21N3O5S/c1-4-18-10-9-15(20)19(16(18)21)11-12-24-13-5-7-14(8-6-13)25(22,23)17(2)3/h5-10H,4,11-12H2,1-3H3. The second kappa shape index (κ2) is 7.66. The molecule has 0 atom stereocenters. The predicted octanol–water partition coefficient (Wildman–Crippen LogP) is 0.359. The smallest absolute Gasteiger partial charge is 0.331 e. The van der Waals surface area contributed by atoms with E-state index < -0.39 is 10.0 Å². The zero-order valence-corrected chi connectivity index (χ0v) is 15.2. The fourth-order valence-electron chi connectivity index (χ4n) is 2.18. The Morgan fingerprint density at radius 3 is 2.28 bits per heavy atom. The number of nitrogens with zero attached hydrogens (tertiary/aromatic N) is 3. The lowest BCUT2D eigenvalue weighted by atomic mass is 10.3. The summed E-state index contributed by atoms with van der Waals surface area (Å²) in [5, 5.41) is 0. The van der Waals surface area contributed by atoms with E-state index in [1.165, 1.54) is 55.2 Å². The fourth-order valence-corrected chi connectivity index (χ4v) is 3.08. The molecule has 0 bridgehead atoms. The molecule has 1 heterocycles. The molecular formula is C16H21N3O5S. The third-order valence-corrected chi connectivity index (χ3v) is 5.50. The Hall–Kier alpha value is -2.39. The molecule has 0 N–H and O–H groups in total. The van der Waals surface area contributed by atoms with Crippen LogP contribution in [0.15, 0.2) is 51.0 Å². The van der Waals surface area contributed by atoms with Gasteiger partial charge in [-0.1, -0.05) is 0 Å². The Morgan fingerprint density at radius 2 is 1.72 bits per heavy atom. The lowest BCUT2D eigenvalue weighted by molar-refractivity contribution is 0.291. The van der Waals surface area contributed by atoms with Gasteiger partial charge in [0.1, 0.15) is 12.4 Å². The van der Waals surface area contributed by atoms with Crippen molar-refractivity contribution in [3.05, 3.63) is 57.4 Å². The average molecular weight is 367 g/mol. The summed E-state index contributed by atoms with van der Waals surface area (Å²) >= 11 is 0. The second-order valence-electron chi connectivity index (χ2n) is 5.48. The number of aryl methyl sites for hydroxylation is 1. The van der Waals surface area contributed by atoms with Gasteiger partial charge in [0.05, 0.1) is 11.4 Å². The van der Waals surface area contributed by atoms with Crippen molar-refractivity contribution in [1.29, 1.82) is 0 Å². The summed E-state index contributed by atoms with van der Waals surface area (Å²) in [7, 11) is -0.570. The van der Waals surface area contributed by atoms with Gasteiger partial charge in [-0.2, -0.15) is 0 Å². The third-order valence-electron chi connectivity index (χ3n) is 3.67. The summed E-state index contributed by atoms with van der Waals surface area (Å²) in [4.78, 5) is 24.0. The maximum atomic E-state index is 12.1. The maximum Gasteiger partial charge on any atom is 0.331 e. The SMILES string of the molecule is CCn1ccc(=O)n(CCOc2ccc(S(=O)(=O)N(C)C)cc2)c1=O. The van der Waals surface area contributed by atoms with Gasteiger partial charge in [-0.25, -0.2) is 17.5 Å². The highest BCUT2D eigenvalue weighted by molar-refractivity contribution is 7.89. The molecule has 9 heteroatoms. The number of sulfonamides is 1. The Bertz CT molecular complexity index is 943. The topological polar surface area (TPSA) is 90.6 Å². The summed E-state index contributed by atoms with van der Waals surface area (Å²) in [6.45, 7) is 2.51. The van der Waals surface area contributed by atoms with Crippen LogP contribution >= 0.6 is 0 Å². The Kier molecular flexibility index (Phi) is 5.81. The zero-order chi connectivity index (χ0) is 18.6. The molecular weight excluding hydrogens is 346 g/mol. The number of rotatable bonds is 7. The molecule has 8 nitrogen and oxygen atoms in total. The lowest BCUT2D eigenvalue weighted by Crippen LogP contribution is -2.39. The number of benzene rings is 1. The van der Waals surface area contributed by atoms with E-state index in [9.17, 15) is 18.0 Å². The first-order valence-electron chi connectivity index (χ1n) is 7.73. The van der Waals surface area contributed by atoms with Crippen molar-refractivity contribution in [2.24, 2.45) is 0 Å². The van der Waals surface area contributed by atoms with Crippen LogP contribution in [-0.4, -0.2) is 42.6 Å². The summed E-state index contributed by atoms with van der Waals surface area (Å²) < 4.78 is 33.1. The molecule has 0 unspecified atom stereocenters. The van der Waals surface area contributed by atoms with Gasteiger partial charge < -0.3 is 9.30 Å². The number of aromatic nitrogens is 2. The molecule has 25 heavy (non-hydrogen) atoms. The van der Waals surface area contributed by atoms with Crippen molar-refractivity contribution in [1.82, 2.24) is 13.4 Å². The Balaban J connectivity index is 2.07. The van der Waals surface area contributed by atoms with E-state index in [2.05, 4.69) is 0 Å². The third kappa shape index (κ3) is 4.18. The summed E-state index contributed by atoms with van der Waals surface area (Å²) in [6, 6.07) is 7.31. The molecule has 0 saturated carbocycles. The van der Waals surface area contributed by atoms with Gasteiger partial charge in [0.25, 0.3) is 5.56 Å². The van der Waals surface area contributed by atoms with Crippen LogP contribution in [0.3, 0.4) is 0 Å². The lowest BCUT2D eigenvalue weighted by Gasteiger charge is -2.12. The van der Waals surface area contributed by atoms with Gasteiger partial charge in [-0.3, -0.25) is 9.36 Å². The van der Waals surface area contributed by atoms with Crippen LogP contribution in [0.4, 0.5) is 0 Å². The molecule has 1 aromatic heterocycles. The van der Waals surface area contributed by atoms with Crippen molar-refractivity contribution >= 4 is 10.0 Å². The minimum atomic E-state index is -3.49. The largest absolute Gasteiger partial charge is 0.492 e. The quantitative estimate of drug-likeness (QED) is 0.705. The van der Waals surface area contributed by atoms with Gasteiger partial charge in [-0.05, 0) is 31.2 Å². The molecule has 0 spiro atoms. The molecule has 0 amide bonds. The van der Waals surface area contributed by atoms with E-state index in [-0.39, 0.29) is 29.3 Å². The van der Waals surface area contributed by atoms with Crippen molar-refractivity contribution in [3.8, 4) is 5.75 Å². The zero-order valence-electron chi connectivity index (χ0n) is 14.4. The molecule has 0 aliphatic heterocycles. The molecule has 0 radical (unpaired) electrons. The van der Waals surface area contributed by atoms with Crippen LogP contribution in [0.1, 0.15) is 6.92 Å². The summed E-state index contributed by atoms with van der Waals surface area (Å²) in [6.07, 6.45) is 1.46. The highest BCUT2D eigenvalue weighted by Gasteiger charge is 2.16. The molecule has 0 fully saturated rings. The van der Waals surface area contributed by atoms with E-state index in [1.807, 2.05) is 6.92 Å². The number of hydrogen-bond acceptors (Lipinski definition) is 5. The highest BCUT2D eigenvalue weighted by atomic mass is 32.2. The minimum absolute atomic E-state index is 0.107. The van der Waals surface area contributed by atoms with E-state index >= 15 is 0 Å². The predicted molar refractivity (Wildman–Crippen MR) is 93.4 cm³/mol. The van der Waals surface area contributed by atoms with Crippen LogP contribution < -0.4 is 16.0 Å². The van der Waals surface area contributed by atoms with Crippen LogP contribution in [0.5, 0.6) is 5.75 Å². The molecule has 0 saturated heterocycles. The summed E-state index contributed by atoms with van der Waals surface area (Å²) in [5.74, 6) is 0.456.